The van der Waals surface area contributed by atoms with Crippen LogP contribution in [0.25, 0.3) is 0 Å². The Kier molecular flexibility index (Phi) is 6.12. The molecule has 9 nitrogen and oxygen atoms in total. The lowest BCUT2D eigenvalue weighted by atomic mass is 10.0. The number of aliphatic hydroxyl groups is 1. The number of hydrogen-bond donors (Lipinski definition) is 3. The van der Waals surface area contributed by atoms with Crippen molar-refractivity contribution in [2.45, 2.75) is 57.1 Å². The molecule has 2 amide bonds. The highest BCUT2D eigenvalue weighted by molar-refractivity contribution is 6.00. The quantitative estimate of drug-likeness (QED) is 0.428. The number of carbonyl (C=O) groups is 2. The van der Waals surface area contributed by atoms with Gasteiger partial charge in [-0.2, -0.15) is 13.9 Å². The number of hydrogen-bond acceptors (Lipinski definition) is 7. The van der Waals surface area contributed by atoms with Gasteiger partial charge >= 0.3 is 5.92 Å². The molecule has 176 valence electrons. The molecule has 0 radical (unpaired) electrons. The number of rotatable bonds is 6. The zero-order valence-corrected chi connectivity index (χ0v) is 18.2. The van der Waals surface area contributed by atoms with Gasteiger partial charge in [0.05, 0.1) is 6.04 Å². The number of benzene rings is 1. The van der Waals surface area contributed by atoms with E-state index in [2.05, 4.69) is 15.7 Å². The van der Waals surface area contributed by atoms with E-state index in [1.54, 1.807) is 6.07 Å². The van der Waals surface area contributed by atoms with Crippen LogP contribution in [0.4, 0.5) is 8.78 Å². The number of nitrogens with one attached hydrogen (secondary N) is 2. The number of alkyl halides is 2. The molecule has 3 heterocycles. The first-order valence-electron chi connectivity index (χ1n) is 10.6. The fourth-order valence-electron chi connectivity index (χ4n) is 4.37. The summed E-state index contributed by atoms with van der Waals surface area (Å²) >= 11 is 0. The molecule has 2 aliphatic rings. The molecular weight excluding hydrogens is 436 g/mol. The van der Waals surface area contributed by atoms with Crippen LogP contribution < -0.4 is 16.2 Å². The molecule has 3 N–H and O–H groups in total. The van der Waals surface area contributed by atoms with Gasteiger partial charge in [-0.3, -0.25) is 29.9 Å². The van der Waals surface area contributed by atoms with Gasteiger partial charge < -0.3 is 5.11 Å². The average molecular weight is 461 g/mol. The highest BCUT2D eigenvalue weighted by Gasteiger charge is 2.42. The zero-order valence-electron chi connectivity index (χ0n) is 18.2. The minimum atomic E-state index is -3.71. The van der Waals surface area contributed by atoms with Crippen LogP contribution in [0.3, 0.4) is 0 Å². The van der Waals surface area contributed by atoms with Gasteiger partial charge in [0.2, 0.25) is 11.8 Å². The summed E-state index contributed by atoms with van der Waals surface area (Å²) in [6.07, 6.45) is -1.46. The molecule has 33 heavy (non-hydrogen) atoms. The monoisotopic (exact) mass is 461 g/mol. The number of halogens is 2. The Labute approximate surface area is 188 Å². The van der Waals surface area contributed by atoms with E-state index in [9.17, 15) is 28.3 Å². The number of nitrogens with zero attached hydrogens (tertiary/aromatic N) is 3. The van der Waals surface area contributed by atoms with Gasteiger partial charge in [0.1, 0.15) is 5.69 Å². The van der Waals surface area contributed by atoms with E-state index in [0.29, 0.717) is 24.9 Å². The second-order valence-electron chi connectivity index (χ2n) is 8.44. The van der Waals surface area contributed by atoms with Crippen LogP contribution in [0, 0.1) is 0 Å². The first kappa shape index (κ1) is 23.1. The van der Waals surface area contributed by atoms with Crippen molar-refractivity contribution in [2.24, 2.45) is 7.05 Å². The molecule has 2 aliphatic heterocycles. The summed E-state index contributed by atoms with van der Waals surface area (Å²) in [7, 11) is 1.26. The SMILES string of the molecule is CC1c2ccc(CNC(O)C(F)(F)c3ccc(=O)n(C)n3)cc2CN1C1CCC(=O)NC1=O. The molecule has 11 heteroatoms. The number of imide groups is 1. The van der Waals surface area contributed by atoms with Crippen LogP contribution in [-0.2, 0) is 35.6 Å². The van der Waals surface area contributed by atoms with Crippen molar-refractivity contribution in [3.05, 3.63) is 63.1 Å². The van der Waals surface area contributed by atoms with Crippen molar-refractivity contribution >= 4 is 11.8 Å². The summed E-state index contributed by atoms with van der Waals surface area (Å²) in [5.74, 6) is -4.28. The maximum atomic E-state index is 14.6. The Morgan fingerprint density at radius 3 is 2.73 bits per heavy atom. The molecule has 1 aromatic carbocycles. The lowest BCUT2D eigenvalue weighted by Gasteiger charge is -2.32. The van der Waals surface area contributed by atoms with Crippen molar-refractivity contribution in [2.75, 3.05) is 0 Å². The maximum absolute atomic E-state index is 14.6. The van der Waals surface area contributed by atoms with E-state index in [-0.39, 0.29) is 24.4 Å². The van der Waals surface area contributed by atoms with Gasteiger partial charge in [-0.25, -0.2) is 4.68 Å². The van der Waals surface area contributed by atoms with Crippen LogP contribution in [0.5, 0.6) is 0 Å². The molecule has 1 aromatic heterocycles. The molecule has 1 saturated heterocycles. The molecule has 0 bridgehead atoms. The molecule has 0 saturated carbocycles. The van der Waals surface area contributed by atoms with Crippen molar-refractivity contribution in [1.82, 2.24) is 25.3 Å². The van der Waals surface area contributed by atoms with Crippen molar-refractivity contribution in [3.63, 3.8) is 0 Å². The number of aryl methyl sites for hydroxylation is 1. The number of amides is 2. The number of aliphatic hydroxyl groups excluding tert-OH is 1. The topological polar surface area (TPSA) is 117 Å². The smallest absolute Gasteiger partial charge is 0.329 e. The first-order chi connectivity index (χ1) is 15.6. The highest BCUT2D eigenvalue weighted by atomic mass is 19.3. The predicted octanol–water partition coefficient (Wildman–Crippen LogP) is 0.662. The van der Waals surface area contributed by atoms with Gasteiger partial charge in [0.25, 0.3) is 5.56 Å². The lowest BCUT2D eigenvalue weighted by molar-refractivity contribution is -0.138. The van der Waals surface area contributed by atoms with Crippen molar-refractivity contribution < 1.29 is 23.5 Å². The largest absolute Gasteiger partial charge is 0.372 e. The molecular formula is C22H25F2N5O4. The highest BCUT2D eigenvalue weighted by Crippen LogP contribution is 2.37. The van der Waals surface area contributed by atoms with Crippen molar-refractivity contribution in [3.8, 4) is 0 Å². The van der Waals surface area contributed by atoms with Gasteiger partial charge in [0, 0.05) is 38.7 Å². The number of carbonyl (C=O) groups excluding carboxylic acids is 2. The molecule has 0 spiro atoms. The van der Waals surface area contributed by atoms with Gasteiger partial charge in [0.15, 0.2) is 6.23 Å². The van der Waals surface area contributed by atoms with Crippen LogP contribution in [-0.4, -0.2) is 43.9 Å². The van der Waals surface area contributed by atoms with Crippen LogP contribution in [0.1, 0.15) is 48.2 Å². The molecule has 3 unspecified atom stereocenters. The number of piperidine rings is 1. The van der Waals surface area contributed by atoms with Gasteiger partial charge in [-0.1, -0.05) is 18.2 Å². The zero-order chi connectivity index (χ0) is 23.9. The Morgan fingerprint density at radius 1 is 1.27 bits per heavy atom. The minimum absolute atomic E-state index is 0.0252. The Balaban J connectivity index is 1.43. The molecule has 3 atom stereocenters. The standard InChI is InChI=1S/C22H25F2N5O4/c1-12-15-4-3-13(9-14(15)11-29(12)16-5-7-18(30)26-20(16)32)10-25-21(33)22(23,24)17-6-8-19(31)28(2)27-17/h3-4,6,8-9,12,16,21,25,33H,5,7,10-11H2,1-2H3,(H,26,30,32). The van der Waals surface area contributed by atoms with E-state index < -0.39 is 29.4 Å². The van der Waals surface area contributed by atoms with Crippen LogP contribution in [0.2, 0.25) is 0 Å². The lowest BCUT2D eigenvalue weighted by Crippen LogP contribution is -2.51. The van der Waals surface area contributed by atoms with E-state index in [0.717, 1.165) is 27.9 Å². The summed E-state index contributed by atoms with van der Waals surface area (Å²) in [5.41, 5.74) is 1.44. The third-order valence-corrected chi connectivity index (χ3v) is 6.26. The molecule has 4 rings (SSSR count). The van der Waals surface area contributed by atoms with Crippen molar-refractivity contribution in [1.29, 1.82) is 0 Å². The third kappa shape index (κ3) is 4.43. The maximum Gasteiger partial charge on any atom is 0.329 e. The fourth-order valence-corrected chi connectivity index (χ4v) is 4.37. The molecule has 1 fully saturated rings. The second kappa shape index (κ2) is 8.73. The Bertz CT molecular complexity index is 1150. The first-order valence-corrected chi connectivity index (χ1v) is 10.6. The van der Waals surface area contributed by atoms with E-state index in [1.165, 1.54) is 7.05 Å². The number of fused-ring (bicyclic) bond motifs is 1. The summed E-state index contributed by atoms with van der Waals surface area (Å²) in [4.78, 5) is 37.1. The molecule has 0 aliphatic carbocycles. The predicted molar refractivity (Wildman–Crippen MR) is 113 cm³/mol. The molecule has 2 aromatic rings. The average Bonchev–Trinajstić information content (AvgIpc) is 3.09. The van der Waals surface area contributed by atoms with E-state index in [4.69, 9.17) is 0 Å². The second-order valence-corrected chi connectivity index (χ2v) is 8.44. The summed E-state index contributed by atoms with van der Waals surface area (Å²) in [6.45, 7) is 2.46. The van der Waals surface area contributed by atoms with Crippen LogP contribution in [0.15, 0.2) is 35.1 Å². The summed E-state index contributed by atoms with van der Waals surface area (Å²) < 4.78 is 30.0. The minimum Gasteiger partial charge on any atom is -0.372 e. The number of aromatic nitrogens is 2. The van der Waals surface area contributed by atoms with E-state index >= 15 is 0 Å². The van der Waals surface area contributed by atoms with Gasteiger partial charge in [-0.05, 0) is 36.1 Å². The summed E-state index contributed by atoms with van der Waals surface area (Å²) in [6, 6.07) is 6.97. The third-order valence-electron chi connectivity index (χ3n) is 6.26. The Hall–Kier alpha value is -3.02. The normalized spacial score (nSPS) is 22.2. The fraction of sp³-hybridized carbons (Fsp3) is 0.455. The van der Waals surface area contributed by atoms with E-state index in [1.807, 2.05) is 24.0 Å². The van der Waals surface area contributed by atoms with Gasteiger partial charge in [-0.15, -0.1) is 0 Å². The van der Waals surface area contributed by atoms with Crippen LogP contribution >= 0.6 is 0 Å². The summed E-state index contributed by atoms with van der Waals surface area (Å²) in [5, 5.41) is 18.4. The Morgan fingerprint density at radius 2 is 2.03 bits per heavy atom.